The molecule has 4 rings (SSSR count). The van der Waals surface area contributed by atoms with Gasteiger partial charge in [0, 0.05) is 47.3 Å². The van der Waals surface area contributed by atoms with E-state index in [1.807, 2.05) is 49.0 Å². The summed E-state index contributed by atoms with van der Waals surface area (Å²) in [5, 5.41) is 9.30. The predicted molar refractivity (Wildman–Crippen MR) is 141 cm³/mol. The van der Waals surface area contributed by atoms with Crippen LogP contribution in [0.3, 0.4) is 0 Å². The molecule has 0 atom stereocenters. The molecule has 1 aliphatic carbocycles. The molecule has 1 fully saturated rings. The molecule has 3 aromatic rings. The molecule has 7 heteroatoms. The molecule has 2 aromatic carbocycles. The minimum atomic E-state index is -0.112. The fourth-order valence-corrected chi connectivity index (χ4v) is 5.59. The first-order valence-corrected chi connectivity index (χ1v) is 12.6. The van der Waals surface area contributed by atoms with Gasteiger partial charge in [-0.2, -0.15) is 5.10 Å². The van der Waals surface area contributed by atoms with Crippen LogP contribution in [0.2, 0.25) is 5.02 Å². The van der Waals surface area contributed by atoms with Crippen LogP contribution >= 0.6 is 11.6 Å². The van der Waals surface area contributed by atoms with Gasteiger partial charge in [-0.3, -0.25) is 9.48 Å². The number of hydrogen-bond donors (Lipinski definition) is 1. The van der Waals surface area contributed by atoms with E-state index in [1.165, 1.54) is 12.8 Å². The van der Waals surface area contributed by atoms with Crippen molar-refractivity contribution in [3.05, 3.63) is 58.2 Å². The quantitative estimate of drug-likeness (QED) is 0.506. The average molecular weight is 482 g/mol. The second-order valence-electron chi connectivity index (χ2n) is 9.58. The zero-order valence-corrected chi connectivity index (χ0v) is 21.7. The van der Waals surface area contributed by atoms with Crippen molar-refractivity contribution in [3.8, 4) is 0 Å². The molecule has 0 saturated heterocycles. The third kappa shape index (κ3) is 4.93. The van der Waals surface area contributed by atoms with E-state index in [0.29, 0.717) is 29.2 Å². The first-order valence-electron chi connectivity index (χ1n) is 12.2. The summed E-state index contributed by atoms with van der Waals surface area (Å²) < 4.78 is 1.84. The fourth-order valence-electron chi connectivity index (χ4n) is 5.38. The highest BCUT2D eigenvalue weighted by atomic mass is 35.5. The molecule has 0 unspecified atom stereocenters. The third-order valence-electron chi connectivity index (χ3n) is 7.36. The number of aromatic nitrogens is 2. The Morgan fingerprint density at radius 3 is 2.50 bits per heavy atom. The van der Waals surface area contributed by atoms with Gasteiger partial charge in [-0.05, 0) is 77.4 Å². The SMILES string of the molecule is CCN(c1cc(Cl)cc(C(=O)NCc2c3ccccc3nn2C)c1C)[C@H]1CC[C@H](N(C)C)CC1. The van der Waals surface area contributed by atoms with Crippen LogP contribution in [0.1, 0.15) is 54.2 Å². The van der Waals surface area contributed by atoms with E-state index in [2.05, 4.69) is 41.2 Å². The van der Waals surface area contributed by atoms with Crippen LogP contribution in [0.25, 0.3) is 10.9 Å². The van der Waals surface area contributed by atoms with E-state index in [1.54, 1.807) is 6.07 Å². The van der Waals surface area contributed by atoms with Gasteiger partial charge in [0.1, 0.15) is 0 Å². The second-order valence-corrected chi connectivity index (χ2v) is 10.0. The molecule has 1 aliphatic rings. The Balaban J connectivity index is 1.54. The molecule has 1 amide bonds. The number of halogens is 1. The smallest absolute Gasteiger partial charge is 0.251 e. The number of rotatable bonds is 7. The normalized spacial score (nSPS) is 18.4. The lowest BCUT2D eigenvalue weighted by Gasteiger charge is -2.40. The highest BCUT2D eigenvalue weighted by Gasteiger charge is 2.28. The predicted octanol–water partition coefficient (Wildman–Crippen LogP) is 5.16. The van der Waals surface area contributed by atoms with Crippen LogP contribution in [0.4, 0.5) is 5.69 Å². The number of amides is 1. The van der Waals surface area contributed by atoms with Crippen LogP contribution in [0, 0.1) is 6.92 Å². The molecule has 1 N–H and O–H groups in total. The van der Waals surface area contributed by atoms with Gasteiger partial charge in [-0.25, -0.2) is 0 Å². The number of hydrogen-bond acceptors (Lipinski definition) is 4. The van der Waals surface area contributed by atoms with Gasteiger partial charge in [-0.1, -0.05) is 29.8 Å². The maximum Gasteiger partial charge on any atom is 0.251 e. The highest BCUT2D eigenvalue weighted by Crippen LogP contribution is 2.34. The van der Waals surface area contributed by atoms with Crippen molar-refractivity contribution in [2.75, 3.05) is 25.5 Å². The number of carbonyl (C=O) groups is 1. The van der Waals surface area contributed by atoms with Crippen molar-refractivity contribution >= 4 is 34.1 Å². The number of carbonyl (C=O) groups excluding carboxylic acids is 1. The summed E-state index contributed by atoms with van der Waals surface area (Å²) in [7, 11) is 6.25. The molecular formula is C27H36ClN5O. The highest BCUT2D eigenvalue weighted by molar-refractivity contribution is 6.31. The third-order valence-corrected chi connectivity index (χ3v) is 7.58. The molecule has 6 nitrogen and oxygen atoms in total. The van der Waals surface area contributed by atoms with E-state index in [0.717, 1.165) is 47.2 Å². The van der Waals surface area contributed by atoms with Gasteiger partial charge in [0.15, 0.2) is 0 Å². The summed E-state index contributed by atoms with van der Waals surface area (Å²) in [5.74, 6) is -0.112. The van der Waals surface area contributed by atoms with E-state index in [4.69, 9.17) is 11.6 Å². The number of fused-ring (bicyclic) bond motifs is 1. The lowest BCUT2D eigenvalue weighted by Crippen LogP contribution is -2.42. The molecule has 1 saturated carbocycles. The molecule has 0 aliphatic heterocycles. The Bertz CT molecular complexity index is 1160. The molecule has 0 radical (unpaired) electrons. The van der Waals surface area contributed by atoms with E-state index in [9.17, 15) is 4.79 Å². The Hall–Kier alpha value is -2.57. The van der Waals surface area contributed by atoms with Crippen molar-refractivity contribution < 1.29 is 4.79 Å². The summed E-state index contributed by atoms with van der Waals surface area (Å²) >= 11 is 6.55. The summed E-state index contributed by atoms with van der Waals surface area (Å²) in [6, 6.07) is 12.9. The van der Waals surface area contributed by atoms with Crippen LogP contribution in [-0.2, 0) is 13.6 Å². The van der Waals surface area contributed by atoms with E-state index >= 15 is 0 Å². The fraction of sp³-hybridized carbons (Fsp3) is 0.481. The van der Waals surface area contributed by atoms with Crippen LogP contribution in [0.5, 0.6) is 0 Å². The maximum atomic E-state index is 13.3. The van der Waals surface area contributed by atoms with Gasteiger partial charge < -0.3 is 15.1 Å². The number of benzene rings is 2. The van der Waals surface area contributed by atoms with E-state index in [-0.39, 0.29) is 5.91 Å². The van der Waals surface area contributed by atoms with Crippen molar-refractivity contribution in [1.29, 1.82) is 0 Å². The zero-order chi connectivity index (χ0) is 24.4. The first kappa shape index (κ1) is 24.6. The molecule has 1 heterocycles. The Labute approximate surface area is 207 Å². The summed E-state index contributed by atoms with van der Waals surface area (Å²) in [5.41, 5.74) is 4.59. The molecule has 0 spiro atoms. The maximum absolute atomic E-state index is 13.3. The van der Waals surface area contributed by atoms with Crippen LogP contribution in [-0.4, -0.2) is 53.3 Å². The minimum absolute atomic E-state index is 0.112. The monoisotopic (exact) mass is 481 g/mol. The van der Waals surface area contributed by atoms with Gasteiger partial charge in [-0.15, -0.1) is 0 Å². The molecule has 34 heavy (non-hydrogen) atoms. The van der Waals surface area contributed by atoms with Gasteiger partial charge >= 0.3 is 0 Å². The number of aryl methyl sites for hydroxylation is 1. The van der Waals surface area contributed by atoms with Gasteiger partial charge in [0.25, 0.3) is 5.91 Å². The number of nitrogens with one attached hydrogen (secondary N) is 1. The number of anilines is 1. The lowest BCUT2D eigenvalue weighted by atomic mass is 9.89. The number of nitrogens with zero attached hydrogens (tertiary/aromatic N) is 4. The standard InChI is InChI=1S/C27H36ClN5O/c1-6-33(21-13-11-20(12-14-21)31(3)4)25-16-19(28)15-23(18(25)2)27(34)29-17-26-22-9-7-8-10-24(22)30-32(26)5/h7-10,15-16,20-21H,6,11-14,17H2,1-5H3,(H,29,34)/t20-,21-. The van der Waals surface area contributed by atoms with Crippen LogP contribution < -0.4 is 10.2 Å². The van der Waals surface area contributed by atoms with Crippen molar-refractivity contribution in [1.82, 2.24) is 20.0 Å². The Kier molecular flexibility index (Phi) is 7.48. The molecule has 1 aromatic heterocycles. The lowest BCUT2D eigenvalue weighted by molar-refractivity contribution is 0.0949. The van der Waals surface area contributed by atoms with Gasteiger partial charge in [0.2, 0.25) is 0 Å². The topological polar surface area (TPSA) is 53.4 Å². The average Bonchev–Trinajstić information content (AvgIpc) is 3.15. The summed E-state index contributed by atoms with van der Waals surface area (Å²) in [4.78, 5) is 18.1. The Morgan fingerprint density at radius 1 is 1.15 bits per heavy atom. The largest absolute Gasteiger partial charge is 0.369 e. The van der Waals surface area contributed by atoms with Crippen LogP contribution in [0.15, 0.2) is 36.4 Å². The molecule has 0 bridgehead atoms. The summed E-state index contributed by atoms with van der Waals surface area (Å²) in [6.45, 7) is 5.52. The Morgan fingerprint density at radius 2 is 1.82 bits per heavy atom. The summed E-state index contributed by atoms with van der Waals surface area (Å²) in [6.07, 6.45) is 4.69. The van der Waals surface area contributed by atoms with E-state index < -0.39 is 0 Å². The van der Waals surface area contributed by atoms with Crippen molar-refractivity contribution in [2.24, 2.45) is 7.05 Å². The molecular weight excluding hydrogens is 446 g/mol. The van der Waals surface area contributed by atoms with Crippen molar-refractivity contribution in [3.63, 3.8) is 0 Å². The molecule has 182 valence electrons. The van der Waals surface area contributed by atoms with Gasteiger partial charge in [0.05, 0.1) is 17.8 Å². The zero-order valence-electron chi connectivity index (χ0n) is 20.9. The first-order chi connectivity index (χ1) is 16.3. The minimum Gasteiger partial charge on any atom is -0.369 e. The van der Waals surface area contributed by atoms with Crippen molar-refractivity contribution in [2.45, 2.75) is 58.2 Å². The second kappa shape index (κ2) is 10.4.